The number of anilines is 1. The van der Waals surface area contributed by atoms with Crippen molar-refractivity contribution in [2.45, 2.75) is 43.7 Å². The number of aromatic amines is 1. The van der Waals surface area contributed by atoms with Crippen LogP contribution in [0, 0.1) is 0 Å². The van der Waals surface area contributed by atoms with Crippen LogP contribution in [0.4, 0.5) is 5.82 Å². The SMILES string of the molecule is COc1cccc(C2C(C(=O)OC(C)C)=C(C)Nc3nc(SCc4ccccc4Cl)[nH]c(=O)c32)c1. The monoisotopic (exact) mass is 511 g/mol. The number of allylic oxidation sites excluding steroid dienone is 1. The van der Waals surface area contributed by atoms with Gasteiger partial charge in [-0.3, -0.25) is 4.79 Å². The van der Waals surface area contributed by atoms with E-state index in [-0.39, 0.29) is 11.7 Å². The van der Waals surface area contributed by atoms with Crippen LogP contribution in [0.25, 0.3) is 0 Å². The number of halogens is 1. The van der Waals surface area contributed by atoms with Gasteiger partial charge in [0.05, 0.1) is 30.3 Å². The lowest BCUT2D eigenvalue weighted by Gasteiger charge is -2.29. The summed E-state index contributed by atoms with van der Waals surface area (Å²) in [5, 5.41) is 4.27. The third kappa shape index (κ3) is 5.39. The van der Waals surface area contributed by atoms with Gasteiger partial charge in [-0.15, -0.1) is 0 Å². The fraction of sp³-hybridized carbons (Fsp3) is 0.269. The molecule has 182 valence electrons. The van der Waals surface area contributed by atoms with Crippen molar-refractivity contribution in [1.82, 2.24) is 9.97 Å². The Kier molecular flexibility index (Phi) is 7.52. The van der Waals surface area contributed by atoms with Crippen LogP contribution in [0.15, 0.2) is 69.8 Å². The summed E-state index contributed by atoms with van der Waals surface area (Å²) < 4.78 is 10.9. The Morgan fingerprint density at radius 3 is 2.69 bits per heavy atom. The standard InChI is InChI=1S/C26H26ClN3O4S/c1-14(2)34-25(32)20-15(3)28-23-22(21(20)16-9-7-10-18(12-16)33-4)24(31)30-26(29-23)35-13-17-8-5-6-11-19(17)27/h5-12,14,21H,13H2,1-4H3,(H2,28,29,30,31). The maximum absolute atomic E-state index is 13.4. The number of ether oxygens (including phenoxy) is 2. The van der Waals surface area contributed by atoms with Crippen LogP contribution < -0.4 is 15.6 Å². The fourth-order valence-corrected chi connectivity index (χ4v) is 5.11. The number of hydrogen-bond acceptors (Lipinski definition) is 7. The minimum atomic E-state index is -0.675. The highest BCUT2D eigenvalue weighted by Crippen LogP contribution is 2.41. The van der Waals surface area contributed by atoms with Crippen molar-refractivity contribution < 1.29 is 14.3 Å². The van der Waals surface area contributed by atoms with Gasteiger partial charge in [0.25, 0.3) is 5.56 Å². The van der Waals surface area contributed by atoms with Crippen LogP contribution in [0.3, 0.4) is 0 Å². The first-order valence-corrected chi connectivity index (χ1v) is 12.5. The number of aromatic nitrogens is 2. The molecule has 1 aliphatic heterocycles. The van der Waals surface area contributed by atoms with Crippen molar-refractivity contribution in [1.29, 1.82) is 0 Å². The molecule has 9 heteroatoms. The zero-order valence-corrected chi connectivity index (χ0v) is 21.4. The van der Waals surface area contributed by atoms with E-state index in [4.69, 9.17) is 21.1 Å². The van der Waals surface area contributed by atoms with Crippen LogP contribution in [-0.4, -0.2) is 29.2 Å². The number of H-pyrrole nitrogens is 1. The van der Waals surface area contributed by atoms with Gasteiger partial charge in [-0.2, -0.15) is 0 Å². The Morgan fingerprint density at radius 1 is 1.20 bits per heavy atom. The Bertz CT molecular complexity index is 1350. The van der Waals surface area contributed by atoms with Crippen molar-refractivity contribution in [2.24, 2.45) is 0 Å². The summed E-state index contributed by atoms with van der Waals surface area (Å²) in [7, 11) is 1.57. The number of esters is 1. The molecule has 0 aliphatic carbocycles. The predicted octanol–water partition coefficient (Wildman–Crippen LogP) is 5.51. The molecule has 0 spiro atoms. The minimum absolute atomic E-state index is 0.310. The molecular weight excluding hydrogens is 486 g/mol. The van der Waals surface area contributed by atoms with Gasteiger partial charge in [-0.1, -0.05) is 53.7 Å². The number of nitrogens with one attached hydrogen (secondary N) is 2. The number of carbonyl (C=O) groups excluding carboxylic acids is 1. The van der Waals surface area contributed by atoms with E-state index in [1.807, 2.05) is 48.5 Å². The van der Waals surface area contributed by atoms with Gasteiger partial charge >= 0.3 is 5.97 Å². The number of methoxy groups -OCH3 is 1. The lowest BCUT2D eigenvalue weighted by Crippen LogP contribution is -2.31. The Hall–Kier alpha value is -3.23. The second kappa shape index (κ2) is 10.6. The van der Waals surface area contributed by atoms with E-state index in [0.717, 1.165) is 11.1 Å². The highest BCUT2D eigenvalue weighted by atomic mass is 35.5. The van der Waals surface area contributed by atoms with E-state index in [1.165, 1.54) is 11.8 Å². The number of nitrogens with zero attached hydrogens (tertiary/aromatic N) is 1. The maximum Gasteiger partial charge on any atom is 0.337 e. The topological polar surface area (TPSA) is 93.3 Å². The van der Waals surface area contributed by atoms with Crippen molar-refractivity contribution in [3.63, 3.8) is 0 Å². The van der Waals surface area contributed by atoms with Gasteiger partial charge in [0.2, 0.25) is 0 Å². The molecule has 2 aromatic carbocycles. The number of benzene rings is 2. The molecule has 2 heterocycles. The molecule has 0 amide bonds. The molecule has 0 saturated carbocycles. The minimum Gasteiger partial charge on any atom is -0.497 e. The average Bonchev–Trinajstić information content (AvgIpc) is 2.82. The smallest absolute Gasteiger partial charge is 0.337 e. The molecule has 1 unspecified atom stereocenters. The second-order valence-corrected chi connectivity index (χ2v) is 9.71. The van der Waals surface area contributed by atoms with Crippen LogP contribution in [-0.2, 0) is 15.3 Å². The van der Waals surface area contributed by atoms with Crippen LogP contribution >= 0.6 is 23.4 Å². The van der Waals surface area contributed by atoms with Gasteiger partial charge in [0, 0.05) is 16.5 Å². The summed E-state index contributed by atoms with van der Waals surface area (Å²) in [6.07, 6.45) is -0.310. The first-order chi connectivity index (χ1) is 16.8. The third-order valence-electron chi connectivity index (χ3n) is 5.53. The molecule has 2 N–H and O–H groups in total. The Morgan fingerprint density at radius 2 is 1.97 bits per heavy atom. The van der Waals surface area contributed by atoms with Crippen molar-refractivity contribution in [2.75, 3.05) is 12.4 Å². The maximum atomic E-state index is 13.4. The van der Waals surface area contributed by atoms with Gasteiger partial charge < -0.3 is 19.8 Å². The second-order valence-electron chi connectivity index (χ2n) is 8.34. The first-order valence-electron chi connectivity index (χ1n) is 11.1. The average molecular weight is 512 g/mol. The van der Waals surface area contributed by atoms with E-state index in [1.54, 1.807) is 27.9 Å². The molecule has 0 bridgehead atoms. The van der Waals surface area contributed by atoms with Crippen LogP contribution in [0.5, 0.6) is 5.75 Å². The molecule has 7 nitrogen and oxygen atoms in total. The summed E-state index contributed by atoms with van der Waals surface area (Å²) in [4.78, 5) is 34.1. The molecule has 35 heavy (non-hydrogen) atoms. The van der Waals surface area contributed by atoms with Gasteiger partial charge in [0.1, 0.15) is 11.6 Å². The van der Waals surface area contributed by atoms with Crippen LogP contribution in [0.2, 0.25) is 5.02 Å². The predicted molar refractivity (Wildman–Crippen MR) is 138 cm³/mol. The Labute approximate surface area is 212 Å². The highest BCUT2D eigenvalue weighted by Gasteiger charge is 2.37. The quantitative estimate of drug-likeness (QED) is 0.245. The fourth-order valence-electron chi connectivity index (χ4n) is 3.96. The summed E-state index contributed by atoms with van der Waals surface area (Å²) in [6, 6.07) is 14.9. The normalized spacial score (nSPS) is 15.0. The van der Waals surface area contributed by atoms with Crippen molar-refractivity contribution in [3.05, 3.63) is 91.9 Å². The Balaban J connectivity index is 1.78. The highest BCUT2D eigenvalue weighted by molar-refractivity contribution is 7.98. The van der Waals surface area contributed by atoms with Gasteiger partial charge in [-0.05, 0) is 50.1 Å². The van der Waals surface area contributed by atoms with Gasteiger partial charge in [-0.25, -0.2) is 9.78 Å². The third-order valence-corrected chi connectivity index (χ3v) is 6.82. The molecule has 1 aliphatic rings. The first kappa shape index (κ1) is 24.9. The summed E-state index contributed by atoms with van der Waals surface area (Å²) >= 11 is 7.65. The summed E-state index contributed by atoms with van der Waals surface area (Å²) in [5.74, 6) is 0.406. The zero-order valence-electron chi connectivity index (χ0n) is 19.8. The molecule has 4 rings (SSSR count). The van der Waals surface area contributed by atoms with E-state index in [0.29, 0.717) is 44.3 Å². The summed E-state index contributed by atoms with van der Waals surface area (Å²) in [5.41, 5.74) is 2.63. The number of fused-ring (bicyclic) bond motifs is 1. The van der Waals surface area contributed by atoms with E-state index < -0.39 is 11.9 Å². The molecule has 0 fully saturated rings. The number of carbonyl (C=O) groups is 1. The van der Waals surface area contributed by atoms with Crippen LogP contribution in [0.1, 0.15) is 43.4 Å². The van der Waals surface area contributed by atoms with E-state index >= 15 is 0 Å². The zero-order chi connectivity index (χ0) is 25.1. The number of hydrogen-bond donors (Lipinski definition) is 2. The van der Waals surface area contributed by atoms with E-state index in [2.05, 4.69) is 15.3 Å². The molecule has 1 aromatic heterocycles. The molecule has 3 aromatic rings. The lowest BCUT2D eigenvalue weighted by molar-refractivity contribution is -0.143. The largest absolute Gasteiger partial charge is 0.497 e. The van der Waals surface area contributed by atoms with E-state index in [9.17, 15) is 9.59 Å². The number of rotatable bonds is 7. The summed E-state index contributed by atoms with van der Waals surface area (Å²) in [6.45, 7) is 5.36. The molecule has 0 saturated heterocycles. The lowest BCUT2D eigenvalue weighted by atomic mass is 9.82. The molecule has 0 radical (unpaired) electrons. The van der Waals surface area contributed by atoms with Gasteiger partial charge in [0.15, 0.2) is 5.16 Å². The molecule has 1 atom stereocenters. The number of thioether (sulfide) groups is 1. The van der Waals surface area contributed by atoms with Crippen molar-refractivity contribution >= 4 is 35.1 Å². The van der Waals surface area contributed by atoms with Crippen molar-refractivity contribution in [3.8, 4) is 5.75 Å². The molecular formula is C26H26ClN3O4S.